The minimum atomic E-state index is -0.283. The quantitative estimate of drug-likeness (QED) is 0.760. The predicted molar refractivity (Wildman–Crippen MR) is 89.8 cm³/mol. The summed E-state index contributed by atoms with van der Waals surface area (Å²) in [4.78, 5) is 22.9. The van der Waals surface area contributed by atoms with Crippen molar-refractivity contribution in [3.8, 4) is 6.01 Å². The third-order valence-corrected chi connectivity index (χ3v) is 4.73. The molecule has 5 nitrogen and oxygen atoms in total. The molecule has 1 aromatic carbocycles. The zero-order valence-electron chi connectivity index (χ0n) is 12.7. The van der Waals surface area contributed by atoms with E-state index in [1.807, 2.05) is 0 Å². The van der Waals surface area contributed by atoms with Gasteiger partial charge in [-0.05, 0) is 24.3 Å². The van der Waals surface area contributed by atoms with E-state index < -0.39 is 0 Å². The number of likely N-dealkylation sites (tertiary alicyclic amines) is 1. The van der Waals surface area contributed by atoms with Gasteiger partial charge in [0.25, 0.3) is 0 Å². The van der Waals surface area contributed by atoms with Crippen LogP contribution in [0.4, 0.5) is 4.39 Å². The summed E-state index contributed by atoms with van der Waals surface area (Å²) in [7, 11) is 0. The molecular formula is C16H15ClFN3O2S. The van der Waals surface area contributed by atoms with Gasteiger partial charge in [0.15, 0.2) is 0 Å². The van der Waals surface area contributed by atoms with E-state index in [4.69, 9.17) is 16.3 Å². The molecule has 24 heavy (non-hydrogen) atoms. The van der Waals surface area contributed by atoms with Crippen molar-refractivity contribution in [2.75, 3.05) is 18.8 Å². The van der Waals surface area contributed by atoms with Gasteiger partial charge < -0.3 is 9.64 Å². The van der Waals surface area contributed by atoms with Gasteiger partial charge in [-0.15, -0.1) is 11.8 Å². The Hall–Kier alpha value is -1.86. The van der Waals surface area contributed by atoms with Gasteiger partial charge in [-0.1, -0.05) is 11.6 Å². The number of nitrogens with zero attached hydrogens (tertiary/aromatic N) is 3. The zero-order chi connectivity index (χ0) is 16.9. The van der Waals surface area contributed by atoms with Crippen molar-refractivity contribution < 1.29 is 13.9 Å². The summed E-state index contributed by atoms with van der Waals surface area (Å²) in [5.74, 6) is 0.0672. The summed E-state index contributed by atoms with van der Waals surface area (Å²) in [5, 5.41) is 0.448. The maximum atomic E-state index is 12.9. The number of hydrogen-bond donors (Lipinski definition) is 0. The fraction of sp³-hybridized carbons (Fsp3) is 0.312. The van der Waals surface area contributed by atoms with Gasteiger partial charge in [-0.2, -0.15) is 0 Å². The summed E-state index contributed by atoms with van der Waals surface area (Å²) in [6.45, 7) is 1.15. The molecule has 2 aromatic rings. The first-order valence-corrected chi connectivity index (χ1v) is 8.77. The van der Waals surface area contributed by atoms with Crippen LogP contribution in [-0.2, 0) is 4.79 Å². The van der Waals surface area contributed by atoms with E-state index in [0.29, 0.717) is 23.9 Å². The van der Waals surface area contributed by atoms with Gasteiger partial charge in [-0.3, -0.25) is 4.79 Å². The zero-order valence-corrected chi connectivity index (χ0v) is 14.3. The standard InChI is InChI=1S/C16H15ClFN3O2S/c17-11-7-19-16(20-8-11)23-13-5-6-21(9-13)15(22)10-24-14-3-1-12(18)2-4-14/h1-4,7-8,13H,5-6,9-10H2/t13-/m0/s1. The molecule has 3 rings (SSSR count). The Morgan fingerprint density at radius 1 is 1.33 bits per heavy atom. The molecule has 1 amide bonds. The number of amides is 1. The van der Waals surface area contributed by atoms with Gasteiger partial charge in [0, 0.05) is 17.9 Å². The molecule has 1 fully saturated rings. The molecule has 0 bridgehead atoms. The van der Waals surface area contributed by atoms with Crippen molar-refractivity contribution >= 4 is 29.3 Å². The number of rotatable bonds is 5. The molecule has 8 heteroatoms. The van der Waals surface area contributed by atoms with Crippen LogP contribution in [-0.4, -0.2) is 45.7 Å². The van der Waals surface area contributed by atoms with E-state index in [9.17, 15) is 9.18 Å². The van der Waals surface area contributed by atoms with Crippen molar-refractivity contribution in [1.82, 2.24) is 14.9 Å². The van der Waals surface area contributed by atoms with Crippen molar-refractivity contribution in [1.29, 1.82) is 0 Å². The van der Waals surface area contributed by atoms with Crippen LogP contribution in [0.25, 0.3) is 0 Å². The number of hydrogen-bond acceptors (Lipinski definition) is 5. The first-order valence-electron chi connectivity index (χ1n) is 7.40. The normalized spacial score (nSPS) is 17.1. The molecular weight excluding hydrogens is 353 g/mol. The first-order chi connectivity index (χ1) is 11.6. The summed E-state index contributed by atoms with van der Waals surface area (Å²) in [6, 6.07) is 6.37. The van der Waals surface area contributed by atoms with Crippen molar-refractivity contribution in [2.24, 2.45) is 0 Å². The van der Waals surface area contributed by atoms with Gasteiger partial charge in [0.05, 0.1) is 29.7 Å². The van der Waals surface area contributed by atoms with Gasteiger partial charge in [0.1, 0.15) is 11.9 Å². The van der Waals surface area contributed by atoms with Gasteiger partial charge >= 0.3 is 6.01 Å². The molecule has 0 unspecified atom stereocenters. The number of carbonyl (C=O) groups excluding carboxylic acids is 1. The van der Waals surface area contributed by atoms with E-state index in [2.05, 4.69) is 9.97 Å². The second-order valence-electron chi connectivity index (χ2n) is 5.29. The summed E-state index contributed by atoms with van der Waals surface area (Å²) < 4.78 is 18.5. The third kappa shape index (κ3) is 4.58. The van der Waals surface area contributed by atoms with Crippen LogP contribution in [0.5, 0.6) is 6.01 Å². The Morgan fingerprint density at radius 2 is 2.04 bits per heavy atom. The van der Waals surface area contributed by atoms with Crippen LogP contribution in [0.3, 0.4) is 0 Å². The first kappa shape index (κ1) is 17.0. The number of aromatic nitrogens is 2. The van der Waals surface area contributed by atoms with Crippen LogP contribution in [0.15, 0.2) is 41.6 Å². The lowest BCUT2D eigenvalue weighted by Crippen LogP contribution is -2.32. The fourth-order valence-electron chi connectivity index (χ4n) is 2.33. The summed E-state index contributed by atoms with van der Waals surface area (Å²) in [5.41, 5.74) is 0. The lowest BCUT2D eigenvalue weighted by molar-refractivity contribution is -0.127. The van der Waals surface area contributed by atoms with E-state index in [1.54, 1.807) is 17.0 Å². The molecule has 0 saturated carbocycles. The summed E-state index contributed by atoms with van der Waals surface area (Å²) in [6.07, 6.45) is 3.56. The Kier molecular flexibility index (Phi) is 5.52. The largest absolute Gasteiger partial charge is 0.458 e. The smallest absolute Gasteiger partial charge is 0.316 e. The lowest BCUT2D eigenvalue weighted by atomic mass is 10.3. The molecule has 2 heterocycles. The Morgan fingerprint density at radius 3 is 2.75 bits per heavy atom. The third-order valence-electron chi connectivity index (χ3n) is 3.54. The molecule has 1 saturated heterocycles. The number of benzene rings is 1. The van der Waals surface area contributed by atoms with E-state index in [1.165, 1.54) is 36.3 Å². The maximum absolute atomic E-state index is 12.9. The minimum Gasteiger partial charge on any atom is -0.458 e. The topological polar surface area (TPSA) is 55.3 Å². The molecule has 0 N–H and O–H groups in total. The van der Waals surface area contributed by atoms with Crippen LogP contribution in [0, 0.1) is 5.82 Å². The molecule has 0 radical (unpaired) electrons. The van der Waals surface area contributed by atoms with Crippen LogP contribution in [0.1, 0.15) is 6.42 Å². The van der Waals surface area contributed by atoms with Crippen LogP contribution < -0.4 is 4.74 Å². The number of halogens is 2. The molecule has 1 atom stereocenters. The molecule has 0 aliphatic carbocycles. The van der Waals surface area contributed by atoms with Gasteiger partial charge in [-0.25, -0.2) is 14.4 Å². The van der Waals surface area contributed by atoms with Crippen molar-refractivity contribution in [2.45, 2.75) is 17.4 Å². The Balaban J connectivity index is 1.46. The van der Waals surface area contributed by atoms with Crippen LogP contribution in [0.2, 0.25) is 5.02 Å². The number of thioether (sulfide) groups is 1. The number of ether oxygens (including phenoxy) is 1. The minimum absolute atomic E-state index is 0.0347. The van der Waals surface area contributed by atoms with Crippen LogP contribution >= 0.6 is 23.4 Å². The lowest BCUT2D eigenvalue weighted by Gasteiger charge is -2.16. The molecule has 1 aliphatic heterocycles. The fourth-order valence-corrected chi connectivity index (χ4v) is 3.23. The highest BCUT2D eigenvalue weighted by Gasteiger charge is 2.28. The molecule has 126 valence electrons. The maximum Gasteiger partial charge on any atom is 0.316 e. The highest BCUT2D eigenvalue weighted by molar-refractivity contribution is 8.00. The van der Waals surface area contributed by atoms with E-state index >= 15 is 0 Å². The monoisotopic (exact) mass is 367 g/mol. The van der Waals surface area contributed by atoms with Gasteiger partial charge in [0.2, 0.25) is 5.91 Å². The van der Waals surface area contributed by atoms with E-state index in [-0.39, 0.29) is 23.8 Å². The highest BCUT2D eigenvalue weighted by Crippen LogP contribution is 2.21. The average Bonchev–Trinajstić information content (AvgIpc) is 3.05. The SMILES string of the molecule is O=C(CSc1ccc(F)cc1)N1CC[C@H](Oc2ncc(Cl)cn2)C1. The van der Waals surface area contributed by atoms with E-state index in [0.717, 1.165) is 11.3 Å². The molecule has 0 spiro atoms. The van der Waals surface area contributed by atoms with Crippen molar-refractivity contribution in [3.05, 3.63) is 47.5 Å². The second-order valence-corrected chi connectivity index (χ2v) is 6.78. The average molecular weight is 368 g/mol. The Labute approximate surface area is 148 Å². The second kappa shape index (κ2) is 7.81. The summed E-state index contributed by atoms with van der Waals surface area (Å²) >= 11 is 7.12. The van der Waals surface area contributed by atoms with Crippen molar-refractivity contribution in [3.63, 3.8) is 0 Å². The number of carbonyl (C=O) groups is 1. The Bertz CT molecular complexity index is 699. The molecule has 1 aliphatic rings. The predicted octanol–water partition coefficient (Wildman–Crippen LogP) is 3.04. The highest BCUT2D eigenvalue weighted by atomic mass is 35.5. The molecule has 1 aromatic heterocycles.